The van der Waals surface area contributed by atoms with Gasteiger partial charge in [0.05, 0.1) is 17.9 Å². The molecule has 0 saturated heterocycles. The average molecular weight is 237 g/mol. The lowest BCUT2D eigenvalue weighted by atomic mass is 9.98. The molecule has 2 rings (SSSR count). The van der Waals surface area contributed by atoms with Gasteiger partial charge in [0.2, 0.25) is 0 Å². The monoisotopic (exact) mass is 237 g/mol. The third-order valence-corrected chi connectivity index (χ3v) is 3.64. The number of nitrogens with two attached hydrogens (primary N) is 1. The summed E-state index contributed by atoms with van der Waals surface area (Å²) in [7, 11) is 0. The predicted molar refractivity (Wildman–Crippen MR) is 63.9 cm³/mol. The highest BCUT2D eigenvalue weighted by atomic mass is 32.1. The molecule has 0 aliphatic carbocycles. The molecule has 2 unspecified atom stereocenters. The van der Waals surface area contributed by atoms with Gasteiger partial charge in [-0.1, -0.05) is 20.3 Å². The Morgan fingerprint density at radius 3 is 3.00 bits per heavy atom. The third kappa shape index (κ3) is 2.12. The van der Waals surface area contributed by atoms with Crippen LogP contribution in [-0.2, 0) is 0 Å². The van der Waals surface area contributed by atoms with Crippen LogP contribution in [0.1, 0.15) is 32.0 Å². The molecule has 6 heteroatoms. The van der Waals surface area contributed by atoms with Crippen LogP contribution in [0, 0.1) is 5.92 Å². The van der Waals surface area contributed by atoms with Gasteiger partial charge in [0.25, 0.3) is 0 Å². The van der Waals surface area contributed by atoms with E-state index in [9.17, 15) is 0 Å². The molecule has 0 amide bonds. The second kappa shape index (κ2) is 4.71. The second-order valence-electron chi connectivity index (χ2n) is 3.84. The zero-order valence-electron chi connectivity index (χ0n) is 9.34. The first-order valence-electron chi connectivity index (χ1n) is 5.29. The minimum atomic E-state index is 0.00176. The van der Waals surface area contributed by atoms with Crippen molar-refractivity contribution < 1.29 is 0 Å². The fraction of sp³-hybridized carbons (Fsp3) is 0.500. The minimum Gasteiger partial charge on any atom is -0.322 e. The Bertz CT molecular complexity index is 436. The standard InChI is InChI=1S/C10H15N5S/c1-3-6(2)9(11)8-5-16-10(13-8)7-4-12-15-14-7/h4-6,9H,3,11H2,1-2H3,(H,12,14,15). The smallest absolute Gasteiger partial charge is 0.145 e. The molecule has 0 radical (unpaired) electrons. The molecule has 0 spiro atoms. The lowest BCUT2D eigenvalue weighted by molar-refractivity contribution is 0.450. The molecular weight excluding hydrogens is 222 g/mol. The van der Waals surface area contributed by atoms with Crippen molar-refractivity contribution in [1.29, 1.82) is 0 Å². The number of rotatable bonds is 4. The number of aromatic amines is 1. The zero-order chi connectivity index (χ0) is 11.5. The van der Waals surface area contributed by atoms with Crippen LogP contribution in [-0.4, -0.2) is 20.4 Å². The van der Waals surface area contributed by atoms with Crippen LogP contribution in [0.15, 0.2) is 11.6 Å². The fourth-order valence-electron chi connectivity index (χ4n) is 1.41. The van der Waals surface area contributed by atoms with E-state index in [1.165, 1.54) is 0 Å². The molecule has 0 fully saturated rings. The fourth-order valence-corrected chi connectivity index (χ4v) is 2.23. The summed E-state index contributed by atoms with van der Waals surface area (Å²) in [6, 6.07) is 0.00176. The molecule has 0 bridgehead atoms. The number of thiazole rings is 1. The van der Waals surface area contributed by atoms with Crippen molar-refractivity contribution in [3.05, 3.63) is 17.3 Å². The van der Waals surface area contributed by atoms with Gasteiger partial charge in [0.1, 0.15) is 10.7 Å². The van der Waals surface area contributed by atoms with Crippen LogP contribution in [0.3, 0.4) is 0 Å². The van der Waals surface area contributed by atoms with Crippen molar-refractivity contribution in [1.82, 2.24) is 20.4 Å². The minimum absolute atomic E-state index is 0.00176. The van der Waals surface area contributed by atoms with E-state index < -0.39 is 0 Å². The van der Waals surface area contributed by atoms with E-state index in [0.29, 0.717) is 5.92 Å². The lowest BCUT2D eigenvalue weighted by Gasteiger charge is -2.15. The number of nitrogens with one attached hydrogen (secondary N) is 1. The van der Waals surface area contributed by atoms with Crippen molar-refractivity contribution in [3.63, 3.8) is 0 Å². The molecule has 0 aromatic carbocycles. The van der Waals surface area contributed by atoms with Crippen LogP contribution in [0.2, 0.25) is 0 Å². The summed E-state index contributed by atoms with van der Waals surface area (Å²) in [5.41, 5.74) is 7.83. The van der Waals surface area contributed by atoms with Gasteiger partial charge in [-0.15, -0.1) is 11.3 Å². The summed E-state index contributed by atoms with van der Waals surface area (Å²) in [6.45, 7) is 4.27. The summed E-state index contributed by atoms with van der Waals surface area (Å²) in [5.74, 6) is 0.437. The maximum atomic E-state index is 6.12. The summed E-state index contributed by atoms with van der Waals surface area (Å²) in [5, 5.41) is 13.2. The van der Waals surface area contributed by atoms with Crippen LogP contribution in [0.4, 0.5) is 0 Å². The molecule has 2 aromatic heterocycles. The molecule has 0 aliphatic heterocycles. The Kier molecular flexibility index (Phi) is 3.31. The van der Waals surface area contributed by atoms with Crippen molar-refractivity contribution in [2.75, 3.05) is 0 Å². The maximum absolute atomic E-state index is 6.12. The van der Waals surface area contributed by atoms with Gasteiger partial charge < -0.3 is 5.73 Å². The Labute approximate surface area is 98.1 Å². The first-order chi connectivity index (χ1) is 7.72. The third-order valence-electron chi connectivity index (χ3n) is 2.75. The van der Waals surface area contributed by atoms with E-state index >= 15 is 0 Å². The van der Waals surface area contributed by atoms with Crippen LogP contribution >= 0.6 is 11.3 Å². The molecule has 86 valence electrons. The summed E-state index contributed by atoms with van der Waals surface area (Å²) >= 11 is 1.55. The number of aromatic nitrogens is 4. The number of nitrogens with zero attached hydrogens (tertiary/aromatic N) is 3. The first-order valence-corrected chi connectivity index (χ1v) is 6.17. The number of hydrogen-bond donors (Lipinski definition) is 2. The molecule has 2 atom stereocenters. The first kappa shape index (κ1) is 11.2. The number of H-pyrrole nitrogens is 1. The topological polar surface area (TPSA) is 80.5 Å². The molecule has 16 heavy (non-hydrogen) atoms. The van der Waals surface area contributed by atoms with Crippen LogP contribution in [0.5, 0.6) is 0 Å². The largest absolute Gasteiger partial charge is 0.322 e. The Morgan fingerprint density at radius 1 is 1.56 bits per heavy atom. The van der Waals surface area contributed by atoms with Crippen molar-refractivity contribution in [3.8, 4) is 10.7 Å². The SMILES string of the molecule is CCC(C)C(N)c1csc(-c2cn[nH]n2)n1. The molecule has 0 saturated carbocycles. The van der Waals surface area contributed by atoms with E-state index in [1.807, 2.05) is 5.38 Å². The van der Waals surface area contributed by atoms with E-state index in [4.69, 9.17) is 5.73 Å². The van der Waals surface area contributed by atoms with Crippen LogP contribution in [0.25, 0.3) is 10.7 Å². The van der Waals surface area contributed by atoms with Crippen LogP contribution < -0.4 is 5.73 Å². The Hall–Kier alpha value is -1.27. The quantitative estimate of drug-likeness (QED) is 0.852. The molecule has 0 aliphatic rings. The van der Waals surface area contributed by atoms with E-state index in [1.54, 1.807) is 17.5 Å². The van der Waals surface area contributed by atoms with Gasteiger partial charge in [-0.2, -0.15) is 15.4 Å². The van der Waals surface area contributed by atoms with Crippen molar-refractivity contribution in [2.45, 2.75) is 26.3 Å². The Morgan fingerprint density at radius 2 is 2.38 bits per heavy atom. The van der Waals surface area contributed by atoms with Gasteiger partial charge in [-0.05, 0) is 5.92 Å². The van der Waals surface area contributed by atoms with Gasteiger partial charge in [-0.25, -0.2) is 4.98 Å². The molecule has 5 nitrogen and oxygen atoms in total. The van der Waals surface area contributed by atoms with Gasteiger partial charge >= 0.3 is 0 Å². The molecule has 2 heterocycles. The molecule has 3 N–H and O–H groups in total. The van der Waals surface area contributed by atoms with Crippen molar-refractivity contribution in [2.24, 2.45) is 11.7 Å². The summed E-state index contributed by atoms with van der Waals surface area (Å²) in [4.78, 5) is 4.49. The second-order valence-corrected chi connectivity index (χ2v) is 4.70. The average Bonchev–Trinajstić information content (AvgIpc) is 2.96. The highest BCUT2D eigenvalue weighted by Gasteiger charge is 2.17. The maximum Gasteiger partial charge on any atom is 0.145 e. The molecule has 2 aromatic rings. The normalized spacial score (nSPS) is 14.9. The highest BCUT2D eigenvalue weighted by molar-refractivity contribution is 7.13. The van der Waals surface area contributed by atoms with E-state index in [2.05, 4.69) is 34.2 Å². The lowest BCUT2D eigenvalue weighted by Crippen LogP contribution is -2.18. The zero-order valence-corrected chi connectivity index (χ0v) is 10.2. The van der Waals surface area contributed by atoms with Crippen molar-refractivity contribution >= 4 is 11.3 Å². The summed E-state index contributed by atoms with van der Waals surface area (Å²) < 4.78 is 0. The van der Waals surface area contributed by atoms with Gasteiger partial charge in [-0.3, -0.25) is 0 Å². The number of hydrogen-bond acceptors (Lipinski definition) is 5. The van der Waals surface area contributed by atoms with Gasteiger partial charge in [0, 0.05) is 5.38 Å². The molecular formula is C10H15N5S. The highest BCUT2D eigenvalue weighted by Crippen LogP contribution is 2.27. The van der Waals surface area contributed by atoms with E-state index in [-0.39, 0.29) is 6.04 Å². The summed E-state index contributed by atoms with van der Waals surface area (Å²) in [6.07, 6.45) is 2.72. The van der Waals surface area contributed by atoms with Gasteiger partial charge in [0.15, 0.2) is 0 Å². The Balaban J connectivity index is 2.20. The van der Waals surface area contributed by atoms with E-state index in [0.717, 1.165) is 22.8 Å². The predicted octanol–water partition coefficient (Wildman–Crippen LogP) is 1.97.